The quantitative estimate of drug-likeness (QED) is 0.489. The lowest BCUT2D eigenvalue weighted by atomic mass is 10.2. The zero-order valence-electron chi connectivity index (χ0n) is 8.48. The van der Waals surface area contributed by atoms with Crippen LogP contribution in [-0.2, 0) is 4.74 Å². The first kappa shape index (κ1) is 11.0. The van der Waals surface area contributed by atoms with Gasteiger partial charge in [-0.1, -0.05) is 13.2 Å². The molecule has 1 fully saturated rings. The highest BCUT2D eigenvalue weighted by molar-refractivity contribution is 4.81. The molecule has 1 aliphatic rings. The predicted octanol–water partition coefficient (Wildman–Crippen LogP) is 1.45. The van der Waals surface area contributed by atoms with Crippen molar-refractivity contribution in [3.8, 4) is 6.07 Å². The van der Waals surface area contributed by atoms with Gasteiger partial charge in [0.15, 0.2) is 6.73 Å². The van der Waals surface area contributed by atoms with Crippen LogP contribution < -0.4 is 0 Å². The second kappa shape index (κ2) is 4.94. The third-order valence-corrected chi connectivity index (χ3v) is 2.53. The summed E-state index contributed by atoms with van der Waals surface area (Å²) >= 11 is 0. The molecule has 3 heteroatoms. The molecule has 1 heterocycles. The Balaban J connectivity index is 2.59. The van der Waals surface area contributed by atoms with E-state index < -0.39 is 0 Å². The first-order chi connectivity index (χ1) is 6.76. The second-order valence-corrected chi connectivity index (χ2v) is 3.75. The molecule has 1 unspecified atom stereocenters. The molecule has 76 valence electrons. The molecule has 0 bridgehead atoms. The van der Waals surface area contributed by atoms with Crippen LogP contribution in [0.4, 0.5) is 0 Å². The molecular formula is C11H17N2O+. The van der Waals surface area contributed by atoms with E-state index in [0.29, 0.717) is 13.2 Å². The van der Waals surface area contributed by atoms with Gasteiger partial charge < -0.3 is 4.74 Å². The summed E-state index contributed by atoms with van der Waals surface area (Å²) in [6.07, 6.45) is 4.37. The fraction of sp³-hybridized carbons (Fsp3) is 0.545. The normalized spacial score (nSPS) is 24.1. The molecule has 1 atom stereocenters. The van der Waals surface area contributed by atoms with Crippen molar-refractivity contribution in [3.63, 3.8) is 0 Å². The maximum absolute atomic E-state index is 8.58. The zero-order chi connectivity index (χ0) is 10.4. The Morgan fingerprint density at radius 2 is 2.07 bits per heavy atom. The van der Waals surface area contributed by atoms with Crippen LogP contribution in [0.5, 0.6) is 0 Å². The summed E-state index contributed by atoms with van der Waals surface area (Å²) in [6.45, 7) is 10.8. The fourth-order valence-corrected chi connectivity index (χ4v) is 1.90. The van der Waals surface area contributed by atoms with Crippen molar-refractivity contribution in [1.82, 2.24) is 0 Å². The number of rotatable bonds is 5. The molecule has 0 radical (unpaired) electrons. The molecule has 14 heavy (non-hydrogen) atoms. The van der Waals surface area contributed by atoms with Gasteiger partial charge in [-0.25, -0.2) is 0 Å². The first-order valence-electron chi connectivity index (χ1n) is 4.82. The van der Waals surface area contributed by atoms with Gasteiger partial charge in [-0.05, 0) is 12.2 Å². The third-order valence-electron chi connectivity index (χ3n) is 2.53. The molecule has 1 saturated heterocycles. The molecule has 0 spiro atoms. The fourth-order valence-electron chi connectivity index (χ4n) is 1.90. The lowest BCUT2D eigenvalue weighted by Gasteiger charge is -2.29. The number of ether oxygens (including phenoxy) is 1. The average Bonchev–Trinajstić information content (AvgIpc) is 2.51. The Morgan fingerprint density at radius 3 is 2.57 bits per heavy atom. The molecule has 0 aromatic heterocycles. The summed E-state index contributed by atoms with van der Waals surface area (Å²) in [5.74, 6) is 0. The van der Waals surface area contributed by atoms with Crippen molar-refractivity contribution in [1.29, 1.82) is 5.26 Å². The topological polar surface area (TPSA) is 33.0 Å². The third kappa shape index (κ3) is 2.44. The highest BCUT2D eigenvalue weighted by atomic mass is 16.5. The van der Waals surface area contributed by atoms with E-state index >= 15 is 0 Å². The largest absolute Gasteiger partial charge is 0.321 e. The number of quaternary nitrogens is 1. The highest BCUT2D eigenvalue weighted by Gasteiger charge is 2.36. The maximum atomic E-state index is 8.58. The monoisotopic (exact) mass is 193 g/mol. The van der Waals surface area contributed by atoms with E-state index in [0.717, 1.165) is 24.1 Å². The zero-order valence-corrected chi connectivity index (χ0v) is 8.48. The molecule has 0 saturated carbocycles. The van der Waals surface area contributed by atoms with Crippen LogP contribution in [0, 0.1) is 11.3 Å². The Hall–Kier alpha value is -1.11. The van der Waals surface area contributed by atoms with Crippen molar-refractivity contribution in [2.24, 2.45) is 0 Å². The predicted molar refractivity (Wildman–Crippen MR) is 55.2 cm³/mol. The Labute approximate surface area is 85.5 Å². The van der Waals surface area contributed by atoms with Gasteiger partial charge in [0.05, 0.1) is 25.6 Å². The summed E-state index contributed by atoms with van der Waals surface area (Å²) in [5, 5.41) is 8.58. The minimum atomic E-state index is 0.0832. The molecule has 0 aromatic rings. The van der Waals surface area contributed by atoms with E-state index in [2.05, 4.69) is 19.2 Å². The molecular weight excluding hydrogens is 176 g/mol. The van der Waals surface area contributed by atoms with Crippen LogP contribution >= 0.6 is 0 Å². The van der Waals surface area contributed by atoms with Crippen molar-refractivity contribution in [3.05, 3.63) is 25.3 Å². The van der Waals surface area contributed by atoms with Gasteiger partial charge in [-0.2, -0.15) is 5.26 Å². The minimum absolute atomic E-state index is 0.0832. The molecule has 1 aliphatic heterocycles. The van der Waals surface area contributed by atoms with E-state index in [4.69, 9.17) is 10.00 Å². The van der Waals surface area contributed by atoms with Crippen molar-refractivity contribution >= 4 is 0 Å². The first-order valence-corrected chi connectivity index (χ1v) is 4.82. The molecule has 0 N–H and O–H groups in total. The summed E-state index contributed by atoms with van der Waals surface area (Å²) in [5.41, 5.74) is 0. The van der Waals surface area contributed by atoms with Crippen LogP contribution in [0.2, 0.25) is 0 Å². The second-order valence-electron chi connectivity index (χ2n) is 3.75. The number of hydrogen-bond acceptors (Lipinski definition) is 2. The summed E-state index contributed by atoms with van der Waals surface area (Å²) in [4.78, 5) is 0. The van der Waals surface area contributed by atoms with Crippen LogP contribution in [0.25, 0.3) is 0 Å². The number of nitriles is 1. The van der Waals surface area contributed by atoms with Crippen molar-refractivity contribution in [2.45, 2.75) is 12.5 Å². The van der Waals surface area contributed by atoms with Gasteiger partial charge in [0.1, 0.15) is 12.6 Å². The van der Waals surface area contributed by atoms with Crippen LogP contribution in [0.1, 0.15) is 6.42 Å². The number of nitrogens with zero attached hydrogens (tertiary/aromatic N) is 2. The van der Waals surface area contributed by atoms with Gasteiger partial charge >= 0.3 is 0 Å². The van der Waals surface area contributed by atoms with Gasteiger partial charge in [-0.15, -0.1) is 0 Å². The highest BCUT2D eigenvalue weighted by Crippen LogP contribution is 2.20. The Bertz CT molecular complexity index is 245. The lowest BCUT2D eigenvalue weighted by molar-refractivity contribution is -0.914. The van der Waals surface area contributed by atoms with Gasteiger partial charge in [0.25, 0.3) is 0 Å². The van der Waals surface area contributed by atoms with Gasteiger partial charge in [-0.3, -0.25) is 4.48 Å². The van der Waals surface area contributed by atoms with Gasteiger partial charge in [0, 0.05) is 0 Å². The van der Waals surface area contributed by atoms with E-state index in [-0.39, 0.29) is 6.10 Å². The summed E-state index contributed by atoms with van der Waals surface area (Å²) in [7, 11) is 0. The molecule has 1 rings (SSSR count). The molecule has 0 amide bonds. The van der Waals surface area contributed by atoms with E-state index in [1.165, 1.54) is 0 Å². The Morgan fingerprint density at radius 1 is 1.43 bits per heavy atom. The van der Waals surface area contributed by atoms with Crippen LogP contribution in [-0.4, -0.2) is 37.0 Å². The smallest absolute Gasteiger partial charge is 0.184 e. The van der Waals surface area contributed by atoms with Gasteiger partial charge in [0.2, 0.25) is 0 Å². The summed E-state index contributed by atoms with van der Waals surface area (Å²) in [6, 6.07) is 2.14. The average molecular weight is 193 g/mol. The van der Waals surface area contributed by atoms with E-state index in [9.17, 15) is 0 Å². The van der Waals surface area contributed by atoms with Crippen LogP contribution in [0.3, 0.4) is 0 Å². The van der Waals surface area contributed by atoms with E-state index in [1.54, 1.807) is 0 Å². The maximum Gasteiger partial charge on any atom is 0.184 e. The van der Waals surface area contributed by atoms with E-state index in [1.807, 2.05) is 12.2 Å². The molecule has 0 aromatic carbocycles. The van der Waals surface area contributed by atoms with Crippen molar-refractivity contribution < 1.29 is 9.22 Å². The SMILES string of the molecule is C=CC[N+]1(CC=C)COC(CC#N)C1. The summed E-state index contributed by atoms with van der Waals surface area (Å²) < 4.78 is 6.40. The standard InChI is InChI=1S/C11H17N2O/c1-3-7-13(8-4-2)9-11(5-6-12)14-10-13/h3-4,11H,1-2,5,7-10H2/q+1. The number of hydrogen-bond donors (Lipinski definition) is 0. The minimum Gasteiger partial charge on any atom is -0.321 e. The Kier molecular flexibility index (Phi) is 3.87. The lowest BCUT2D eigenvalue weighted by Crippen LogP contribution is -2.46. The van der Waals surface area contributed by atoms with Crippen molar-refractivity contribution in [2.75, 3.05) is 26.4 Å². The molecule has 3 nitrogen and oxygen atoms in total. The molecule has 0 aliphatic carbocycles. The van der Waals surface area contributed by atoms with Crippen LogP contribution in [0.15, 0.2) is 25.3 Å².